The maximum absolute atomic E-state index is 12.3. The van der Waals surface area contributed by atoms with E-state index in [0.29, 0.717) is 0 Å². The molecule has 0 aromatic heterocycles. The first-order chi connectivity index (χ1) is 12.0. The Kier molecular flexibility index (Phi) is 2.02. The molecule has 6 heteroatoms. The van der Waals surface area contributed by atoms with Gasteiger partial charge in [-0.3, -0.25) is 4.79 Å². The van der Waals surface area contributed by atoms with Gasteiger partial charge in [-0.25, -0.2) is 4.79 Å². The lowest BCUT2D eigenvalue weighted by atomic mass is 10.2. The normalized spacial score (nSPS) is 20.3. The molecule has 0 bridgehead atoms. The Hall–Kier alpha value is -2.24. The molecule has 0 aliphatic carbocycles. The van der Waals surface area contributed by atoms with E-state index in [9.17, 15) is 9.59 Å². The maximum atomic E-state index is 12.3. The van der Waals surface area contributed by atoms with Gasteiger partial charge >= 0.3 is 6.09 Å². The molecule has 0 atom stereocenters. The fourth-order valence-electron chi connectivity index (χ4n) is 0.953. The number of benzene rings is 1. The third-order valence-electron chi connectivity index (χ3n) is 1.74. The van der Waals surface area contributed by atoms with E-state index in [1.54, 1.807) is 0 Å². The monoisotopic (exact) mass is 260 g/mol. The average Bonchev–Trinajstić information content (AvgIpc) is 2.46. The molecule has 0 spiro atoms. The molecule has 0 fully saturated rings. The molecule has 0 aliphatic rings. The van der Waals surface area contributed by atoms with Gasteiger partial charge in [-0.15, -0.1) is 0 Å². The number of para-hydroxylation sites is 2. The van der Waals surface area contributed by atoms with E-state index in [-0.39, 0.29) is 11.4 Å². The molecular weight excluding hydrogens is 234 g/mol. The summed E-state index contributed by atoms with van der Waals surface area (Å²) in [7, 11) is 0. The third-order valence-corrected chi connectivity index (χ3v) is 1.74. The van der Waals surface area contributed by atoms with E-state index in [2.05, 4.69) is 0 Å². The molecule has 1 aromatic rings. The van der Waals surface area contributed by atoms with E-state index in [1.807, 2.05) is 5.32 Å². The summed E-state index contributed by atoms with van der Waals surface area (Å²) < 4.78 is 67.7. The van der Waals surface area contributed by atoms with Crippen LogP contribution in [0.2, 0.25) is 0 Å². The molecule has 0 radical (unpaired) electrons. The number of carbonyl (C=O) groups excluding carboxylic acids is 1. The minimum absolute atomic E-state index is 0.0138. The molecular formula is C12H17N3O3. The predicted molar refractivity (Wildman–Crippen MR) is 69.4 cm³/mol. The third kappa shape index (κ3) is 4.32. The zero-order valence-corrected chi connectivity index (χ0v) is 9.10. The van der Waals surface area contributed by atoms with Crippen LogP contribution in [0.1, 0.15) is 25.1 Å². The average molecular weight is 260 g/mol. The smallest absolute Gasteiger partial charge is 0.407 e. The van der Waals surface area contributed by atoms with Crippen LogP contribution >= 0.6 is 0 Å². The van der Waals surface area contributed by atoms with Gasteiger partial charge in [0.1, 0.15) is 0 Å². The molecule has 18 heavy (non-hydrogen) atoms. The molecule has 4 N–H and O–H groups in total. The predicted octanol–water partition coefficient (Wildman–Crippen LogP) is 1.60. The van der Waals surface area contributed by atoms with Crippen molar-refractivity contribution in [1.82, 2.24) is 4.90 Å². The SMILES string of the molecule is [2H]C([2H])([2H])N(C(=O)O)C([2H])([2H])C([2H])([2H])C([2H])([2H])C(=O)Nc1ccccc1N. The van der Waals surface area contributed by atoms with Crippen LogP contribution in [0.4, 0.5) is 16.2 Å². The van der Waals surface area contributed by atoms with E-state index in [1.165, 1.54) is 24.3 Å². The van der Waals surface area contributed by atoms with Crippen molar-refractivity contribution in [3.63, 3.8) is 0 Å². The van der Waals surface area contributed by atoms with Gasteiger partial charge in [0, 0.05) is 32.2 Å². The highest BCUT2D eigenvalue weighted by atomic mass is 16.4. The van der Waals surface area contributed by atoms with Crippen LogP contribution in [0.15, 0.2) is 24.3 Å². The highest BCUT2D eigenvalue weighted by Crippen LogP contribution is 2.16. The number of nitrogens with zero attached hydrogens (tertiary/aromatic N) is 1. The largest absolute Gasteiger partial charge is 0.465 e. The first-order valence-electron chi connectivity index (χ1n) is 9.17. The Balaban J connectivity index is 3.34. The quantitative estimate of drug-likeness (QED) is 0.701. The summed E-state index contributed by atoms with van der Waals surface area (Å²) >= 11 is 0. The molecule has 0 heterocycles. The van der Waals surface area contributed by atoms with Crippen molar-refractivity contribution in [2.45, 2.75) is 12.7 Å². The number of hydrogen-bond acceptors (Lipinski definition) is 3. The van der Waals surface area contributed by atoms with Gasteiger partial charge in [0.2, 0.25) is 5.91 Å². The van der Waals surface area contributed by atoms with Crippen LogP contribution in [0.3, 0.4) is 0 Å². The van der Waals surface area contributed by atoms with Crippen LogP contribution in [0, 0.1) is 0 Å². The number of hydrogen-bond donors (Lipinski definition) is 3. The summed E-state index contributed by atoms with van der Waals surface area (Å²) in [5, 5.41) is 11.0. The lowest BCUT2D eigenvalue weighted by molar-refractivity contribution is -0.116. The van der Waals surface area contributed by atoms with Crippen molar-refractivity contribution in [1.29, 1.82) is 0 Å². The van der Waals surface area contributed by atoms with Crippen LogP contribution in [-0.4, -0.2) is 35.5 Å². The Bertz CT molecular complexity index is 736. The lowest BCUT2D eigenvalue weighted by Crippen LogP contribution is -2.26. The van der Waals surface area contributed by atoms with E-state index in [4.69, 9.17) is 23.2 Å². The summed E-state index contributed by atoms with van der Waals surface area (Å²) in [5.74, 6) is -1.68. The Morgan fingerprint density at radius 3 is 2.89 bits per heavy atom. The minimum Gasteiger partial charge on any atom is -0.465 e. The molecule has 0 saturated heterocycles. The molecule has 1 aromatic carbocycles. The van der Waals surface area contributed by atoms with Crippen LogP contribution in [-0.2, 0) is 4.79 Å². The Labute approximate surface area is 118 Å². The zero-order valence-electron chi connectivity index (χ0n) is 18.1. The zero-order chi connectivity index (χ0) is 21.4. The second kappa shape index (κ2) is 6.48. The number of carboxylic acid groups (broad SMARTS) is 1. The van der Waals surface area contributed by atoms with Crippen molar-refractivity contribution in [2.24, 2.45) is 0 Å². The van der Waals surface area contributed by atoms with Crippen molar-refractivity contribution < 1.29 is 27.0 Å². The van der Waals surface area contributed by atoms with Gasteiger partial charge < -0.3 is 21.1 Å². The first kappa shape index (κ1) is 5.60. The molecule has 6 nitrogen and oxygen atoms in total. The Morgan fingerprint density at radius 1 is 1.56 bits per heavy atom. The van der Waals surface area contributed by atoms with Gasteiger partial charge in [-0.05, 0) is 18.5 Å². The van der Waals surface area contributed by atoms with Gasteiger partial charge in [0.25, 0.3) is 0 Å². The second-order valence-corrected chi connectivity index (χ2v) is 3.02. The van der Waals surface area contributed by atoms with Crippen LogP contribution in [0.25, 0.3) is 0 Å². The standard InChI is InChI=1S/C12H17N3O3/c1-15(12(17)18)8-4-7-11(16)14-10-6-3-2-5-9(10)13/h2-3,5-6H,4,7-8,13H2,1H3,(H,14,16)(H,17,18)/i1D3,4D2,7D2,8D2. The highest BCUT2D eigenvalue weighted by Gasteiger charge is 2.08. The Morgan fingerprint density at radius 2 is 2.28 bits per heavy atom. The van der Waals surface area contributed by atoms with Gasteiger partial charge in [0.15, 0.2) is 0 Å². The molecule has 0 saturated carbocycles. The molecule has 98 valence electrons. The van der Waals surface area contributed by atoms with Gasteiger partial charge in [-0.1, -0.05) is 12.1 Å². The number of nitrogens with two attached hydrogens (primary N) is 1. The van der Waals surface area contributed by atoms with E-state index < -0.39 is 43.1 Å². The fourth-order valence-corrected chi connectivity index (χ4v) is 0.953. The van der Waals surface area contributed by atoms with E-state index in [0.717, 1.165) is 0 Å². The van der Waals surface area contributed by atoms with Crippen LogP contribution in [0.5, 0.6) is 0 Å². The molecule has 0 unspecified atom stereocenters. The van der Waals surface area contributed by atoms with Gasteiger partial charge in [-0.2, -0.15) is 0 Å². The van der Waals surface area contributed by atoms with Crippen molar-refractivity contribution in [3.05, 3.63) is 24.3 Å². The first-order valence-corrected chi connectivity index (χ1v) is 4.67. The number of rotatable bonds is 5. The van der Waals surface area contributed by atoms with Crippen LogP contribution < -0.4 is 11.1 Å². The van der Waals surface area contributed by atoms with Crippen molar-refractivity contribution in [3.8, 4) is 0 Å². The lowest BCUT2D eigenvalue weighted by Gasteiger charge is -2.12. The topological polar surface area (TPSA) is 95.7 Å². The number of carbonyl (C=O) groups is 2. The van der Waals surface area contributed by atoms with Crippen molar-refractivity contribution in [2.75, 3.05) is 24.5 Å². The molecule has 2 amide bonds. The van der Waals surface area contributed by atoms with E-state index >= 15 is 0 Å². The number of anilines is 2. The fraction of sp³-hybridized carbons (Fsp3) is 0.333. The maximum Gasteiger partial charge on any atom is 0.407 e. The minimum atomic E-state index is -3.94. The number of nitrogens with one attached hydrogen (secondary N) is 1. The summed E-state index contributed by atoms with van der Waals surface area (Å²) in [4.78, 5) is 22.6. The highest BCUT2D eigenvalue weighted by molar-refractivity contribution is 5.93. The summed E-state index contributed by atoms with van der Waals surface area (Å²) in [6.07, 6.45) is -9.94. The summed E-state index contributed by atoms with van der Waals surface area (Å²) in [6, 6.07) is 5.59. The second-order valence-electron chi connectivity index (χ2n) is 3.02. The molecule has 0 aliphatic heterocycles. The van der Waals surface area contributed by atoms with Crippen molar-refractivity contribution >= 4 is 23.4 Å². The number of amides is 2. The summed E-state index contributed by atoms with van der Waals surface area (Å²) in [5.41, 5.74) is 5.51. The molecule has 1 rings (SSSR count). The number of nitrogen functional groups attached to an aromatic ring is 1. The summed E-state index contributed by atoms with van der Waals surface area (Å²) in [6.45, 7) is -7.59. The van der Waals surface area contributed by atoms with Gasteiger partial charge in [0.05, 0.1) is 11.4 Å².